The summed E-state index contributed by atoms with van der Waals surface area (Å²) in [7, 11) is 0. The second-order valence-electron chi connectivity index (χ2n) is 6.39. The van der Waals surface area contributed by atoms with Gasteiger partial charge in [0.05, 0.1) is 0 Å². The molecule has 1 saturated heterocycles. The number of benzene rings is 1. The molecular formula is C17H24N2O. The van der Waals surface area contributed by atoms with E-state index in [1.54, 1.807) is 6.92 Å². The SMILES string of the molecule is CC(=O)Nc1ccc([C@H]2CC2CN2CCC[C@@H]2C)cc1. The first-order chi connectivity index (χ1) is 9.63. The van der Waals surface area contributed by atoms with Gasteiger partial charge in [-0.15, -0.1) is 0 Å². The van der Waals surface area contributed by atoms with Crippen molar-refractivity contribution in [2.75, 3.05) is 18.4 Å². The van der Waals surface area contributed by atoms with Gasteiger partial charge < -0.3 is 10.2 Å². The topological polar surface area (TPSA) is 32.3 Å². The fraction of sp³-hybridized carbons (Fsp3) is 0.588. The number of anilines is 1. The molecule has 1 aliphatic carbocycles. The largest absolute Gasteiger partial charge is 0.326 e. The average Bonchev–Trinajstić information content (AvgIpc) is 3.05. The van der Waals surface area contributed by atoms with Gasteiger partial charge in [-0.2, -0.15) is 0 Å². The first-order valence-corrected chi connectivity index (χ1v) is 7.75. The molecule has 1 amide bonds. The zero-order valence-corrected chi connectivity index (χ0v) is 12.4. The van der Waals surface area contributed by atoms with E-state index in [2.05, 4.69) is 29.3 Å². The molecule has 2 fully saturated rings. The number of carbonyl (C=O) groups is 1. The number of hydrogen-bond acceptors (Lipinski definition) is 2. The van der Waals surface area contributed by atoms with Crippen LogP contribution in [0, 0.1) is 5.92 Å². The summed E-state index contributed by atoms with van der Waals surface area (Å²) in [4.78, 5) is 13.7. The summed E-state index contributed by atoms with van der Waals surface area (Å²) < 4.78 is 0. The molecule has 1 unspecified atom stereocenters. The Morgan fingerprint density at radius 2 is 2.10 bits per heavy atom. The minimum Gasteiger partial charge on any atom is -0.326 e. The Balaban J connectivity index is 1.54. The lowest BCUT2D eigenvalue weighted by Gasteiger charge is -2.20. The van der Waals surface area contributed by atoms with Crippen LogP contribution < -0.4 is 5.32 Å². The molecular weight excluding hydrogens is 248 g/mol. The summed E-state index contributed by atoms with van der Waals surface area (Å²) in [6, 6.07) is 9.15. The highest BCUT2D eigenvalue weighted by molar-refractivity contribution is 5.88. The Morgan fingerprint density at radius 3 is 2.70 bits per heavy atom. The number of rotatable bonds is 4. The molecule has 0 radical (unpaired) electrons. The highest BCUT2D eigenvalue weighted by Crippen LogP contribution is 2.48. The van der Waals surface area contributed by atoms with Crippen LogP contribution in [0.25, 0.3) is 0 Å². The molecule has 3 rings (SSSR count). The smallest absolute Gasteiger partial charge is 0.221 e. The van der Waals surface area contributed by atoms with Crippen LogP contribution >= 0.6 is 0 Å². The molecule has 20 heavy (non-hydrogen) atoms. The van der Waals surface area contributed by atoms with E-state index in [-0.39, 0.29) is 5.91 Å². The van der Waals surface area contributed by atoms with E-state index in [0.717, 1.165) is 23.6 Å². The van der Waals surface area contributed by atoms with E-state index in [0.29, 0.717) is 0 Å². The fourth-order valence-electron chi connectivity index (χ4n) is 3.44. The zero-order chi connectivity index (χ0) is 14.1. The molecule has 3 heteroatoms. The van der Waals surface area contributed by atoms with Crippen molar-refractivity contribution in [2.24, 2.45) is 5.92 Å². The quantitative estimate of drug-likeness (QED) is 0.912. The summed E-state index contributed by atoms with van der Waals surface area (Å²) in [5.41, 5.74) is 2.32. The standard InChI is InChI=1S/C17H24N2O/c1-12-4-3-9-19(12)11-15-10-17(15)14-5-7-16(8-6-14)18-13(2)20/h5-8,12,15,17H,3-4,9-11H2,1-2H3,(H,18,20)/t12-,15?,17+/m0/s1. The number of likely N-dealkylation sites (tertiary alicyclic amines) is 1. The van der Waals surface area contributed by atoms with Crippen LogP contribution in [0.3, 0.4) is 0 Å². The first-order valence-electron chi connectivity index (χ1n) is 7.75. The molecule has 3 nitrogen and oxygen atoms in total. The lowest BCUT2D eigenvalue weighted by atomic mass is 10.1. The summed E-state index contributed by atoms with van der Waals surface area (Å²) in [6.45, 7) is 6.44. The van der Waals surface area contributed by atoms with Crippen LogP contribution in [0.2, 0.25) is 0 Å². The maximum absolute atomic E-state index is 11.0. The van der Waals surface area contributed by atoms with Gasteiger partial charge in [0, 0.05) is 25.2 Å². The second-order valence-corrected chi connectivity index (χ2v) is 6.39. The fourth-order valence-corrected chi connectivity index (χ4v) is 3.44. The molecule has 1 aromatic rings. The average molecular weight is 272 g/mol. The minimum absolute atomic E-state index is 0.00919. The Bertz CT molecular complexity index is 482. The molecule has 0 bridgehead atoms. The Hall–Kier alpha value is -1.35. The summed E-state index contributed by atoms with van der Waals surface area (Å²) in [5, 5.41) is 2.82. The van der Waals surface area contributed by atoms with Crippen molar-refractivity contribution in [3.63, 3.8) is 0 Å². The maximum atomic E-state index is 11.0. The van der Waals surface area contributed by atoms with Crippen LogP contribution in [0.5, 0.6) is 0 Å². The van der Waals surface area contributed by atoms with Crippen LogP contribution in [-0.4, -0.2) is 29.9 Å². The van der Waals surface area contributed by atoms with Crippen molar-refractivity contribution >= 4 is 11.6 Å². The number of nitrogens with zero attached hydrogens (tertiary/aromatic N) is 1. The predicted molar refractivity (Wildman–Crippen MR) is 81.9 cm³/mol. The highest BCUT2D eigenvalue weighted by Gasteiger charge is 2.40. The third kappa shape index (κ3) is 3.04. The Labute approximate surface area is 121 Å². The van der Waals surface area contributed by atoms with Gasteiger partial charge in [-0.05, 0) is 62.3 Å². The van der Waals surface area contributed by atoms with Gasteiger partial charge >= 0.3 is 0 Å². The zero-order valence-electron chi connectivity index (χ0n) is 12.4. The van der Waals surface area contributed by atoms with Crippen LogP contribution in [-0.2, 0) is 4.79 Å². The van der Waals surface area contributed by atoms with Crippen molar-refractivity contribution in [3.8, 4) is 0 Å². The number of hydrogen-bond donors (Lipinski definition) is 1. The molecule has 1 heterocycles. The lowest BCUT2D eigenvalue weighted by Crippen LogP contribution is -2.29. The van der Waals surface area contributed by atoms with E-state index in [4.69, 9.17) is 0 Å². The summed E-state index contributed by atoms with van der Waals surface area (Å²) in [5.74, 6) is 1.56. The third-order valence-corrected chi connectivity index (χ3v) is 4.74. The van der Waals surface area contributed by atoms with Gasteiger partial charge in [-0.3, -0.25) is 4.79 Å². The highest BCUT2D eigenvalue weighted by atomic mass is 16.1. The van der Waals surface area contributed by atoms with Gasteiger partial charge in [-0.25, -0.2) is 0 Å². The van der Waals surface area contributed by atoms with Gasteiger partial charge in [0.15, 0.2) is 0 Å². The molecule has 2 aliphatic rings. The van der Waals surface area contributed by atoms with Gasteiger partial charge in [0.2, 0.25) is 5.91 Å². The van der Waals surface area contributed by atoms with Gasteiger partial charge in [0.1, 0.15) is 0 Å². The van der Waals surface area contributed by atoms with Crippen LogP contribution in [0.4, 0.5) is 5.69 Å². The van der Waals surface area contributed by atoms with E-state index < -0.39 is 0 Å². The predicted octanol–water partition coefficient (Wildman–Crippen LogP) is 3.23. The number of nitrogens with one attached hydrogen (secondary N) is 1. The van der Waals surface area contributed by atoms with Crippen molar-refractivity contribution < 1.29 is 4.79 Å². The van der Waals surface area contributed by atoms with Crippen molar-refractivity contribution in [1.82, 2.24) is 4.90 Å². The van der Waals surface area contributed by atoms with E-state index in [1.807, 2.05) is 12.1 Å². The summed E-state index contributed by atoms with van der Waals surface area (Å²) >= 11 is 0. The Morgan fingerprint density at radius 1 is 1.35 bits per heavy atom. The molecule has 1 N–H and O–H groups in total. The maximum Gasteiger partial charge on any atom is 0.221 e. The number of carbonyl (C=O) groups excluding carboxylic acids is 1. The van der Waals surface area contributed by atoms with Crippen molar-refractivity contribution in [3.05, 3.63) is 29.8 Å². The lowest BCUT2D eigenvalue weighted by molar-refractivity contribution is -0.114. The first kappa shape index (κ1) is 13.6. The molecule has 0 aromatic heterocycles. The van der Waals surface area contributed by atoms with E-state index >= 15 is 0 Å². The third-order valence-electron chi connectivity index (χ3n) is 4.74. The molecule has 0 spiro atoms. The second kappa shape index (κ2) is 5.57. The minimum atomic E-state index is -0.00919. The van der Waals surface area contributed by atoms with Crippen molar-refractivity contribution in [2.45, 2.75) is 45.1 Å². The van der Waals surface area contributed by atoms with Crippen molar-refractivity contribution in [1.29, 1.82) is 0 Å². The van der Waals surface area contributed by atoms with E-state index in [9.17, 15) is 4.79 Å². The Kier molecular flexibility index (Phi) is 3.79. The van der Waals surface area contributed by atoms with Crippen LogP contribution in [0.15, 0.2) is 24.3 Å². The van der Waals surface area contributed by atoms with Crippen LogP contribution in [0.1, 0.15) is 44.6 Å². The summed E-state index contributed by atoms with van der Waals surface area (Å²) in [6.07, 6.45) is 4.05. The monoisotopic (exact) mass is 272 g/mol. The molecule has 1 aliphatic heterocycles. The van der Waals surface area contributed by atoms with Gasteiger partial charge in [-0.1, -0.05) is 12.1 Å². The number of amides is 1. The molecule has 1 aromatic carbocycles. The normalized spacial score (nSPS) is 29.4. The van der Waals surface area contributed by atoms with E-state index in [1.165, 1.54) is 37.9 Å². The molecule has 3 atom stereocenters. The van der Waals surface area contributed by atoms with Gasteiger partial charge in [0.25, 0.3) is 0 Å². The molecule has 1 saturated carbocycles. The molecule has 108 valence electrons.